The maximum absolute atomic E-state index is 13.9. The van der Waals surface area contributed by atoms with Crippen molar-refractivity contribution in [3.05, 3.63) is 71.5 Å². The normalized spacial score (nSPS) is 11.5. The summed E-state index contributed by atoms with van der Waals surface area (Å²) < 4.78 is 43.8. The van der Waals surface area contributed by atoms with Gasteiger partial charge in [0.05, 0.1) is 23.1 Å². The van der Waals surface area contributed by atoms with Crippen LogP contribution in [0.2, 0.25) is 0 Å². The number of halogens is 3. The van der Waals surface area contributed by atoms with Crippen molar-refractivity contribution < 1.29 is 18.0 Å². The van der Waals surface area contributed by atoms with Crippen LogP contribution in [0.3, 0.4) is 0 Å². The number of alkyl halides is 3. The summed E-state index contributed by atoms with van der Waals surface area (Å²) in [5.74, 6) is -0.936. The molecule has 8 nitrogen and oxygen atoms in total. The van der Waals surface area contributed by atoms with Gasteiger partial charge in [-0.2, -0.15) is 23.0 Å². The van der Waals surface area contributed by atoms with Crippen molar-refractivity contribution in [1.82, 2.24) is 30.0 Å². The second-order valence-electron chi connectivity index (χ2n) is 6.73. The lowest BCUT2D eigenvalue weighted by molar-refractivity contribution is -0.143. The van der Waals surface area contributed by atoms with Gasteiger partial charge in [0.25, 0.3) is 5.91 Å². The van der Waals surface area contributed by atoms with Gasteiger partial charge in [0.15, 0.2) is 5.69 Å². The number of nitrogens with zero attached hydrogens (tertiary/aromatic N) is 6. The molecular weight excluding hydrogens is 443 g/mol. The first-order valence-electron chi connectivity index (χ1n) is 9.24. The average Bonchev–Trinajstić information content (AvgIpc) is 3.41. The summed E-state index contributed by atoms with van der Waals surface area (Å²) in [7, 11) is 0. The maximum Gasteiger partial charge on any atom is 0.434 e. The van der Waals surface area contributed by atoms with Gasteiger partial charge < -0.3 is 5.32 Å². The molecule has 0 aliphatic heterocycles. The van der Waals surface area contributed by atoms with Crippen LogP contribution in [0, 0.1) is 6.92 Å². The third-order valence-electron chi connectivity index (χ3n) is 4.53. The highest BCUT2D eigenvalue weighted by Crippen LogP contribution is 2.34. The highest BCUT2D eigenvalue weighted by molar-refractivity contribution is 7.98. The molecule has 0 saturated carbocycles. The van der Waals surface area contributed by atoms with E-state index in [0.717, 1.165) is 16.4 Å². The van der Waals surface area contributed by atoms with E-state index in [-0.39, 0.29) is 11.4 Å². The van der Waals surface area contributed by atoms with Crippen molar-refractivity contribution in [2.24, 2.45) is 0 Å². The Labute approximate surface area is 184 Å². The van der Waals surface area contributed by atoms with E-state index in [1.165, 1.54) is 28.6 Å². The fraction of sp³-hybridized carbons (Fsp3) is 0.150. The number of rotatable bonds is 5. The number of hydrogen-bond acceptors (Lipinski definition) is 6. The molecule has 1 N–H and O–H groups in total. The summed E-state index contributed by atoms with van der Waals surface area (Å²) in [4.78, 5) is 12.8. The number of nitrogens with one attached hydrogen (secondary N) is 1. The minimum atomic E-state index is -4.80. The summed E-state index contributed by atoms with van der Waals surface area (Å²) in [6.07, 6.45) is -2.08. The first-order valence-corrected chi connectivity index (χ1v) is 10.5. The van der Waals surface area contributed by atoms with E-state index in [0.29, 0.717) is 10.8 Å². The summed E-state index contributed by atoms with van der Waals surface area (Å²) in [5.41, 5.74) is 0.178. The van der Waals surface area contributed by atoms with E-state index in [1.807, 2.05) is 6.92 Å². The number of amides is 1. The zero-order valence-electron chi connectivity index (χ0n) is 16.8. The number of anilines is 1. The highest BCUT2D eigenvalue weighted by atomic mass is 32.2. The SMILES string of the molecule is CSc1nnnn1-c1cccc(NC(=O)c2cnn(-c3ccc(C)cc3)c2C(F)(F)F)c1. The molecule has 2 aromatic carbocycles. The zero-order chi connectivity index (χ0) is 22.9. The van der Waals surface area contributed by atoms with Crippen LogP contribution >= 0.6 is 11.8 Å². The second kappa shape index (κ2) is 8.46. The Hall–Kier alpha value is -3.67. The number of aromatic nitrogens is 6. The van der Waals surface area contributed by atoms with Crippen molar-refractivity contribution in [3.63, 3.8) is 0 Å². The van der Waals surface area contributed by atoms with Gasteiger partial charge in [0.2, 0.25) is 5.16 Å². The van der Waals surface area contributed by atoms with E-state index >= 15 is 0 Å². The van der Waals surface area contributed by atoms with Crippen LogP contribution in [0.15, 0.2) is 59.9 Å². The van der Waals surface area contributed by atoms with E-state index in [9.17, 15) is 18.0 Å². The number of aryl methyl sites for hydroxylation is 1. The molecule has 0 unspecified atom stereocenters. The van der Waals surface area contributed by atoms with Crippen LogP contribution in [0.25, 0.3) is 11.4 Å². The van der Waals surface area contributed by atoms with E-state index in [2.05, 4.69) is 25.9 Å². The molecule has 164 valence electrons. The Balaban J connectivity index is 1.67. The predicted octanol–water partition coefficient (Wildman–Crippen LogP) is 4.15. The molecule has 0 aliphatic rings. The van der Waals surface area contributed by atoms with Crippen molar-refractivity contribution in [2.75, 3.05) is 11.6 Å². The molecular formula is C20H16F3N7OS. The molecule has 12 heteroatoms. The molecule has 4 rings (SSSR count). The molecule has 0 fully saturated rings. The van der Waals surface area contributed by atoms with Gasteiger partial charge >= 0.3 is 6.18 Å². The zero-order valence-corrected chi connectivity index (χ0v) is 17.6. The molecule has 4 aromatic rings. The number of hydrogen-bond donors (Lipinski definition) is 1. The first kappa shape index (κ1) is 21.6. The molecule has 0 atom stereocenters. The topological polar surface area (TPSA) is 90.5 Å². The number of benzene rings is 2. The average molecular weight is 459 g/mol. The van der Waals surface area contributed by atoms with Crippen LogP contribution in [0.1, 0.15) is 21.6 Å². The van der Waals surface area contributed by atoms with E-state index in [1.54, 1.807) is 42.7 Å². The fourth-order valence-corrected chi connectivity index (χ4v) is 3.48. The van der Waals surface area contributed by atoms with Crippen LogP contribution in [-0.2, 0) is 6.18 Å². The molecule has 0 bridgehead atoms. The molecule has 32 heavy (non-hydrogen) atoms. The van der Waals surface area contributed by atoms with Gasteiger partial charge in [-0.25, -0.2) is 4.68 Å². The van der Waals surface area contributed by atoms with Crippen LogP contribution < -0.4 is 5.32 Å². The molecule has 0 spiro atoms. The Morgan fingerprint density at radius 3 is 2.50 bits per heavy atom. The lowest BCUT2D eigenvalue weighted by Crippen LogP contribution is -2.20. The smallest absolute Gasteiger partial charge is 0.322 e. The second-order valence-corrected chi connectivity index (χ2v) is 7.51. The Kier molecular flexibility index (Phi) is 5.70. The fourth-order valence-electron chi connectivity index (χ4n) is 3.05. The molecule has 0 aliphatic carbocycles. The minimum Gasteiger partial charge on any atom is -0.322 e. The maximum atomic E-state index is 13.9. The van der Waals surface area contributed by atoms with E-state index in [4.69, 9.17) is 0 Å². The lowest BCUT2D eigenvalue weighted by atomic mass is 10.2. The Bertz CT molecular complexity index is 1260. The minimum absolute atomic E-state index is 0.201. The largest absolute Gasteiger partial charge is 0.434 e. The number of carbonyl (C=O) groups excluding carboxylic acids is 1. The van der Waals surface area contributed by atoms with Crippen molar-refractivity contribution in [1.29, 1.82) is 0 Å². The Morgan fingerprint density at radius 1 is 1.06 bits per heavy atom. The van der Waals surface area contributed by atoms with Crippen LogP contribution in [-0.4, -0.2) is 42.2 Å². The quantitative estimate of drug-likeness (QED) is 0.451. The van der Waals surface area contributed by atoms with Crippen LogP contribution in [0.5, 0.6) is 0 Å². The van der Waals surface area contributed by atoms with Gasteiger partial charge in [0, 0.05) is 5.69 Å². The first-order chi connectivity index (χ1) is 15.3. The lowest BCUT2D eigenvalue weighted by Gasteiger charge is -2.13. The van der Waals surface area contributed by atoms with Gasteiger partial charge in [-0.05, 0) is 53.9 Å². The van der Waals surface area contributed by atoms with Gasteiger partial charge in [-0.3, -0.25) is 4.79 Å². The number of tetrazole rings is 1. The van der Waals surface area contributed by atoms with Crippen molar-refractivity contribution in [2.45, 2.75) is 18.3 Å². The number of carbonyl (C=O) groups is 1. The molecule has 2 aromatic heterocycles. The Morgan fingerprint density at radius 2 is 1.81 bits per heavy atom. The molecule has 0 saturated heterocycles. The summed E-state index contributed by atoms with van der Waals surface area (Å²) in [6.45, 7) is 1.82. The van der Waals surface area contributed by atoms with Gasteiger partial charge in [-0.1, -0.05) is 35.5 Å². The van der Waals surface area contributed by atoms with Gasteiger partial charge in [0.1, 0.15) is 0 Å². The number of thioether (sulfide) groups is 1. The summed E-state index contributed by atoms with van der Waals surface area (Å²) in [6, 6.07) is 12.8. The molecule has 1 amide bonds. The predicted molar refractivity (Wildman–Crippen MR) is 112 cm³/mol. The van der Waals surface area contributed by atoms with Gasteiger partial charge in [-0.15, -0.1) is 5.10 Å². The highest BCUT2D eigenvalue weighted by Gasteiger charge is 2.40. The van der Waals surface area contributed by atoms with Crippen molar-refractivity contribution in [3.8, 4) is 11.4 Å². The molecule has 0 radical (unpaired) electrons. The summed E-state index contributed by atoms with van der Waals surface area (Å²) in [5, 5.41) is 18.2. The van der Waals surface area contributed by atoms with E-state index < -0.39 is 23.3 Å². The third kappa shape index (κ3) is 4.21. The third-order valence-corrected chi connectivity index (χ3v) is 5.15. The standard InChI is InChI=1S/C20H16F3N7OS/c1-12-6-8-14(9-7-12)29-17(20(21,22)23)16(11-24-29)18(31)25-13-4-3-5-15(10-13)30-19(32-2)26-27-28-30/h3-11H,1-2H3,(H,25,31). The van der Waals surface area contributed by atoms with Crippen LogP contribution in [0.4, 0.5) is 18.9 Å². The monoisotopic (exact) mass is 459 g/mol. The van der Waals surface area contributed by atoms with Crippen molar-refractivity contribution >= 4 is 23.4 Å². The summed E-state index contributed by atoms with van der Waals surface area (Å²) >= 11 is 1.32. The molecule has 2 heterocycles.